The zero-order valence-corrected chi connectivity index (χ0v) is 5.42. The number of aliphatic hydroxyl groups is 1. The number of nitrogens with one attached hydrogen (secondary N) is 1. The smallest absolute Gasteiger partial charge is 0.248 e. The van der Waals surface area contributed by atoms with Gasteiger partial charge in [-0.05, 0) is 19.8 Å². The maximum Gasteiger partial charge on any atom is 0.248 e. The van der Waals surface area contributed by atoms with E-state index < -0.39 is 6.10 Å². The van der Waals surface area contributed by atoms with E-state index in [4.69, 9.17) is 5.11 Å². The van der Waals surface area contributed by atoms with Crippen LogP contribution in [0.25, 0.3) is 0 Å². The highest BCUT2D eigenvalue weighted by atomic mass is 16.3. The van der Waals surface area contributed by atoms with Crippen molar-refractivity contribution >= 4 is 5.91 Å². The monoisotopic (exact) mass is 129 g/mol. The van der Waals surface area contributed by atoms with Crippen molar-refractivity contribution in [3.8, 4) is 0 Å². The molecule has 1 fully saturated rings. The average molecular weight is 129 g/mol. The number of hydrogen-bond donors (Lipinski definition) is 2. The molecule has 1 atom stereocenters. The minimum Gasteiger partial charge on any atom is -0.384 e. The maximum atomic E-state index is 10.6. The highest BCUT2D eigenvalue weighted by Crippen LogP contribution is 2.18. The van der Waals surface area contributed by atoms with Gasteiger partial charge in [-0.25, -0.2) is 0 Å². The predicted octanol–water partition coefficient (Wildman–Crippen LogP) is -0.354. The summed E-state index contributed by atoms with van der Waals surface area (Å²) in [6.07, 6.45) is 1.28. The number of aliphatic hydroxyl groups excluding tert-OH is 1. The van der Waals surface area contributed by atoms with Crippen LogP contribution in [0.1, 0.15) is 19.8 Å². The van der Waals surface area contributed by atoms with Crippen LogP contribution < -0.4 is 5.32 Å². The molecule has 1 saturated carbocycles. The molecule has 0 bridgehead atoms. The van der Waals surface area contributed by atoms with Crippen LogP contribution in [0.15, 0.2) is 0 Å². The van der Waals surface area contributed by atoms with Gasteiger partial charge >= 0.3 is 0 Å². The number of hydrogen-bond acceptors (Lipinski definition) is 2. The molecule has 0 aromatic carbocycles. The molecule has 3 nitrogen and oxygen atoms in total. The lowest BCUT2D eigenvalue weighted by atomic mass is 10.4. The first-order valence-corrected chi connectivity index (χ1v) is 3.18. The highest BCUT2D eigenvalue weighted by molar-refractivity contribution is 5.80. The van der Waals surface area contributed by atoms with E-state index in [2.05, 4.69) is 5.32 Å². The summed E-state index contributed by atoms with van der Waals surface area (Å²) in [5.74, 6) is -0.252. The Morgan fingerprint density at radius 1 is 1.78 bits per heavy atom. The van der Waals surface area contributed by atoms with Crippen molar-refractivity contribution in [3.05, 3.63) is 0 Å². The Labute approximate surface area is 54.1 Å². The van der Waals surface area contributed by atoms with E-state index >= 15 is 0 Å². The molecule has 0 radical (unpaired) electrons. The topological polar surface area (TPSA) is 49.3 Å². The third-order valence-corrected chi connectivity index (χ3v) is 1.30. The maximum absolute atomic E-state index is 10.6. The Morgan fingerprint density at radius 3 is 2.67 bits per heavy atom. The van der Waals surface area contributed by atoms with Crippen molar-refractivity contribution in [3.63, 3.8) is 0 Å². The molecule has 1 rings (SSSR count). The number of rotatable bonds is 2. The van der Waals surface area contributed by atoms with Gasteiger partial charge in [-0.3, -0.25) is 4.79 Å². The summed E-state index contributed by atoms with van der Waals surface area (Å²) in [6.45, 7) is 1.47. The molecule has 0 spiro atoms. The Balaban J connectivity index is 2.17. The van der Waals surface area contributed by atoms with Crippen LogP contribution in [0, 0.1) is 0 Å². The fraction of sp³-hybridized carbons (Fsp3) is 0.833. The van der Waals surface area contributed by atoms with Gasteiger partial charge in [0.2, 0.25) is 5.91 Å². The number of amides is 1. The van der Waals surface area contributed by atoms with E-state index in [0.717, 1.165) is 12.8 Å². The average Bonchev–Trinajstić information content (AvgIpc) is 2.50. The van der Waals surface area contributed by atoms with Gasteiger partial charge in [0.15, 0.2) is 0 Å². The lowest BCUT2D eigenvalue weighted by Gasteiger charge is -2.03. The second-order valence-corrected chi connectivity index (χ2v) is 2.46. The minimum atomic E-state index is -0.856. The summed E-state index contributed by atoms with van der Waals surface area (Å²) in [4.78, 5) is 10.6. The molecule has 0 heterocycles. The lowest BCUT2D eigenvalue weighted by Crippen LogP contribution is -2.33. The van der Waals surface area contributed by atoms with Crippen LogP contribution in [0.3, 0.4) is 0 Å². The summed E-state index contributed by atoms with van der Waals surface area (Å²) >= 11 is 0. The van der Waals surface area contributed by atoms with Crippen LogP contribution in [-0.2, 0) is 4.79 Å². The van der Waals surface area contributed by atoms with Gasteiger partial charge in [0, 0.05) is 6.04 Å². The summed E-state index contributed by atoms with van der Waals surface area (Å²) in [5.41, 5.74) is 0. The van der Waals surface area contributed by atoms with Crippen molar-refractivity contribution < 1.29 is 9.90 Å². The normalized spacial score (nSPS) is 21.1. The SMILES string of the molecule is C[C@H](O)C(=O)NC1CC1. The molecule has 9 heavy (non-hydrogen) atoms. The van der Waals surface area contributed by atoms with Gasteiger partial charge in [-0.15, -0.1) is 0 Å². The van der Waals surface area contributed by atoms with Crippen LogP contribution in [-0.4, -0.2) is 23.2 Å². The zero-order valence-electron chi connectivity index (χ0n) is 5.42. The summed E-state index contributed by atoms with van der Waals surface area (Å²) in [5, 5.41) is 11.3. The van der Waals surface area contributed by atoms with Gasteiger partial charge in [0.1, 0.15) is 6.10 Å². The van der Waals surface area contributed by atoms with Crippen LogP contribution >= 0.6 is 0 Å². The molecule has 1 aliphatic carbocycles. The van der Waals surface area contributed by atoms with Gasteiger partial charge in [0.05, 0.1) is 0 Å². The third kappa shape index (κ3) is 2.01. The summed E-state index contributed by atoms with van der Waals surface area (Å²) < 4.78 is 0. The Morgan fingerprint density at radius 2 is 2.33 bits per heavy atom. The molecule has 0 aromatic rings. The largest absolute Gasteiger partial charge is 0.384 e. The number of carbonyl (C=O) groups is 1. The molecule has 1 aliphatic rings. The molecule has 0 aromatic heterocycles. The van der Waals surface area contributed by atoms with E-state index in [9.17, 15) is 4.79 Å². The first-order valence-electron chi connectivity index (χ1n) is 3.18. The van der Waals surface area contributed by atoms with Crippen LogP contribution in [0.4, 0.5) is 0 Å². The second kappa shape index (κ2) is 2.35. The standard InChI is InChI=1S/C6H11NO2/c1-4(8)6(9)7-5-2-3-5/h4-5,8H,2-3H2,1H3,(H,7,9)/t4-/m0/s1. The Hall–Kier alpha value is -0.570. The van der Waals surface area contributed by atoms with Gasteiger partial charge in [0.25, 0.3) is 0 Å². The molecule has 1 amide bonds. The molecule has 52 valence electrons. The van der Waals surface area contributed by atoms with E-state index in [0.29, 0.717) is 6.04 Å². The van der Waals surface area contributed by atoms with E-state index in [-0.39, 0.29) is 5.91 Å². The molecular formula is C6H11NO2. The molecule has 0 saturated heterocycles. The minimum absolute atomic E-state index is 0.252. The van der Waals surface area contributed by atoms with E-state index in [1.807, 2.05) is 0 Å². The predicted molar refractivity (Wildman–Crippen MR) is 32.8 cm³/mol. The van der Waals surface area contributed by atoms with Crippen LogP contribution in [0.2, 0.25) is 0 Å². The van der Waals surface area contributed by atoms with E-state index in [1.54, 1.807) is 0 Å². The van der Waals surface area contributed by atoms with Crippen molar-refractivity contribution in [1.82, 2.24) is 5.32 Å². The molecular weight excluding hydrogens is 118 g/mol. The first-order chi connectivity index (χ1) is 4.20. The molecule has 3 heteroatoms. The van der Waals surface area contributed by atoms with E-state index in [1.165, 1.54) is 6.92 Å². The van der Waals surface area contributed by atoms with Crippen molar-refractivity contribution in [2.24, 2.45) is 0 Å². The molecule has 0 unspecified atom stereocenters. The summed E-state index contributed by atoms with van der Waals surface area (Å²) in [7, 11) is 0. The van der Waals surface area contributed by atoms with Crippen molar-refractivity contribution in [1.29, 1.82) is 0 Å². The quantitative estimate of drug-likeness (QED) is 0.535. The lowest BCUT2D eigenvalue weighted by molar-refractivity contribution is -0.128. The third-order valence-electron chi connectivity index (χ3n) is 1.30. The van der Waals surface area contributed by atoms with Gasteiger partial charge in [-0.2, -0.15) is 0 Å². The Kier molecular flexibility index (Phi) is 1.71. The molecule has 0 aliphatic heterocycles. The van der Waals surface area contributed by atoms with Crippen molar-refractivity contribution in [2.75, 3.05) is 0 Å². The van der Waals surface area contributed by atoms with Crippen LogP contribution in [0.5, 0.6) is 0 Å². The fourth-order valence-electron chi connectivity index (χ4n) is 0.549. The fourth-order valence-corrected chi connectivity index (χ4v) is 0.549. The van der Waals surface area contributed by atoms with Crippen molar-refractivity contribution in [2.45, 2.75) is 31.9 Å². The second-order valence-electron chi connectivity index (χ2n) is 2.46. The van der Waals surface area contributed by atoms with Gasteiger partial charge in [-0.1, -0.05) is 0 Å². The number of carbonyl (C=O) groups excluding carboxylic acids is 1. The highest BCUT2D eigenvalue weighted by Gasteiger charge is 2.24. The zero-order chi connectivity index (χ0) is 6.85. The van der Waals surface area contributed by atoms with Gasteiger partial charge < -0.3 is 10.4 Å². The summed E-state index contributed by atoms with van der Waals surface area (Å²) in [6, 6.07) is 0.354. The first kappa shape index (κ1) is 6.55. The molecule has 2 N–H and O–H groups in total. The Bertz CT molecular complexity index is 118.